The zero-order valence-corrected chi connectivity index (χ0v) is 11.8. The summed E-state index contributed by atoms with van der Waals surface area (Å²) in [5, 5.41) is 1.33. The number of nitrogens with one attached hydrogen (secondary N) is 1. The number of pyridine rings is 1. The van der Waals surface area contributed by atoms with Gasteiger partial charge in [0.1, 0.15) is 11.5 Å². The van der Waals surface area contributed by atoms with Crippen molar-refractivity contribution in [3.8, 4) is 22.6 Å². The van der Waals surface area contributed by atoms with Crippen LogP contribution >= 0.6 is 0 Å². The van der Waals surface area contributed by atoms with Gasteiger partial charge in [0.25, 0.3) is 5.56 Å². The van der Waals surface area contributed by atoms with Crippen molar-refractivity contribution in [1.29, 1.82) is 0 Å². The van der Waals surface area contributed by atoms with Crippen molar-refractivity contribution in [3.63, 3.8) is 0 Å². The molecular formula is C17H15NO3. The van der Waals surface area contributed by atoms with Crippen LogP contribution in [0, 0.1) is 0 Å². The molecule has 21 heavy (non-hydrogen) atoms. The van der Waals surface area contributed by atoms with E-state index in [0.717, 1.165) is 16.5 Å². The van der Waals surface area contributed by atoms with Gasteiger partial charge in [-0.2, -0.15) is 0 Å². The number of hydrogen-bond acceptors (Lipinski definition) is 3. The Bertz CT molecular complexity index is 838. The van der Waals surface area contributed by atoms with Gasteiger partial charge in [0.05, 0.1) is 19.6 Å². The van der Waals surface area contributed by atoms with Crippen LogP contribution in [0.5, 0.6) is 11.5 Å². The third-order valence-corrected chi connectivity index (χ3v) is 3.48. The van der Waals surface area contributed by atoms with Gasteiger partial charge >= 0.3 is 0 Å². The Morgan fingerprint density at radius 2 is 1.76 bits per heavy atom. The lowest BCUT2D eigenvalue weighted by molar-refractivity contribution is 0.398. The highest BCUT2D eigenvalue weighted by Gasteiger charge is 2.13. The molecule has 0 fully saturated rings. The number of aromatic amines is 1. The summed E-state index contributed by atoms with van der Waals surface area (Å²) in [5.41, 5.74) is 1.77. The van der Waals surface area contributed by atoms with E-state index in [-0.39, 0.29) is 5.56 Å². The molecule has 0 aliphatic heterocycles. The molecule has 4 nitrogen and oxygen atoms in total. The summed E-state index contributed by atoms with van der Waals surface area (Å²) in [6, 6.07) is 13.4. The SMILES string of the molecule is COc1cc(OC)c2c(-c3ccccc3)c[nH]c(=O)c2c1. The van der Waals surface area contributed by atoms with Crippen LogP contribution in [0.4, 0.5) is 0 Å². The van der Waals surface area contributed by atoms with E-state index in [9.17, 15) is 4.79 Å². The van der Waals surface area contributed by atoms with Crippen molar-refractivity contribution in [3.05, 3.63) is 59.0 Å². The number of methoxy groups -OCH3 is 2. The van der Waals surface area contributed by atoms with E-state index >= 15 is 0 Å². The molecule has 0 aliphatic carbocycles. The van der Waals surface area contributed by atoms with Crippen molar-refractivity contribution in [2.75, 3.05) is 14.2 Å². The molecule has 4 heteroatoms. The van der Waals surface area contributed by atoms with Gasteiger partial charge in [-0.1, -0.05) is 30.3 Å². The monoisotopic (exact) mass is 281 g/mol. The molecule has 3 aromatic rings. The number of rotatable bonds is 3. The minimum absolute atomic E-state index is 0.165. The van der Waals surface area contributed by atoms with E-state index in [0.29, 0.717) is 16.9 Å². The fourth-order valence-corrected chi connectivity index (χ4v) is 2.46. The normalized spacial score (nSPS) is 10.6. The fraction of sp³-hybridized carbons (Fsp3) is 0.118. The number of H-pyrrole nitrogens is 1. The third-order valence-electron chi connectivity index (χ3n) is 3.48. The Kier molecular flexibility index (Phi) is 3.36. The van der Waals surface area contributed by atoms with Crippen LogP contribution < -0.4 is 15.0 Å². The second-order valence-electron chi connectivity index (χ2n) is 4.65. The molecule has 3 rings (SSSR count). The topological polar surface area (TPSA) is 51.3 Å². The van der Waals surface area contributed by atoms with Crippen molar-refractivity contribution in [1.82, 2.24) is 4.98 Å². The lowest BCUT2D eigenvalue weighted by Gasteiger charge is -2.12. The van der Waals surface area contributed by atoms with E-state index < -0.39 is 0 Å². The highest BCUT2D eigenvalue weighted by atomic mass is 16.5. The summed E-state index contributed by atoms with van der Waals surface area (Å²) in [4.78, 5) is 14.9. The first-order chi connectivity index (χ1) is 10.2. The summed E-state index contributed by atoms with van der Waals surface area (Å²) < 4.78 is 10.7. The van der Waals surface area contributed by atoms with E-state index in [1.807, 2.05) is 30.3 Å². The number of benzene rings is 2. The summed E-state index contributed by atoms with van der Waals surface area (Å²) in [6.07, 6.45) is 1.72. The number of hydrogen-bond donors (Lipinski definition) is 1. The number of ether oxygens (including phenoxy) is 2. The molecule has 0 atom stereocenters. The first-order valence-electron chi connectivity index (χ1n) is 6.57. The zero-order chi connectivity index (χ0) is 14.8. The molecule has 2 aromatic carbocycles. The number of aromatic nitrogens is 1. The summed E-state index contributed by atoms with van der Waals surface area (Å²) in [7, 11) is 3.15. The predicted molar refractivity (Wildman–Crippen MR) is 83.1 cm³/mol. The molecule has 106 valence electrons. The zero-order valence-electron chi connectivity index (χ0n) is 11.8. The first-order valence-corrected chi connectivity index (χ1v) is 6.57. The summed E-state index contributed by atoms with van der Waals surface area (Å²) in [6.45, 7) is 0. The van der Waals surface area contributed by atoms with E-state index in [2.05, 4.69) is 4.98 Å². The largest absolute Gasteiger partial charge is 0.497 e. The molecule has 0 saturated heterocycles. The standard InChI is InChI=1S/C17H15NO3/c1-20-12-8-13-16(15(9-12)21-2)14(10-18-17(13)19)11-6-4-3-5-7-11/h3-10H,1-2H3,(H,18,19). The summed E-state index contributed by atoms with van der Waals surface area (Å²) in [5.74, 6) is 1.21. The Balaban J connectivity index is 2.42. The Labute approximate surface area is 122 Å². The lowest BCUT2D eigenvalue weighted by atomic mass is 10.00. The van der Waals surface area contributed by atoms with Gasteiger partial charge < -0.3 is 14.5 Å². The highest BCUT2D eigenvalue weighted by Crippen LogP contribution is 2.36. The highest BCUT2D eigenvalue weighted by molar-refractivity contribution is 6.00. The van der Waals surface area contributed by atoms with Crippen LogP contribution in [-0.4, -0.2) is 19.2 Å². The molecular weight excluding hydrogens is 266 g/mol. The van der Waals surface area contributed by atoms with Gasteiger partial charge in [0.2, 0.25) is 0 Å². The average Bonchev–Trinajstić information content (AvgIpc) is 2.55. The van der Waals surface area contributed by atoms with Crippen LogP contribution in [0.25, 0.3) is 21.9 Å². The first kappa shape index (κ1) is 13.2. The van der Waals surface area contributed by atoms with Crippen molar-refractivity contribution in [2.24, 2.45) is 0 Å². The predicted octanol–water partition coefficient (Wildman–Crippen LogP) is 3.21. The van der Waals surface area contributed by atoms with Crippen molar-refractivity contribution in [2.45, 2.75) is 0 Å². The molecule has 0 saturated carbocycles. The van der Waals surface area contributed by atoms with Crippen LogP contribution in [0.3, 0.4) is 0 Å². The van der Waals surface area contributed by atoms with Gasteiger partial charge in [-0.15, -0.1) is 0 Å². The average molecular weight is 281 g/mol. The molecule has 0 radical (unpaired) electrons. The number of fused-ring (bicyclic) bond motifs is 1. The maximum absolute atomic E-state index is 12.1. The molecule has 1 aromatic heterocycles. The van der Waals surface area contributed by atoms with Crippen LogP contribution in [0.15, 0.2) is 53.5 Å². The minimum atomic E-state index is -0.165. The van der Waals surface area contributed by atoms with Crippen molar-refractivity contribution >= 4 is 10.8 Å². The molecule has 0 bridgehead atoms. The van der Waals surface area contributed by atoms with Gasteiger partial charge in [-0.05, 0) is 11.6 Å². The quantitative estimate of drug-likeness (QED) is 0.802. The second-order valence-corrected chi connectivity index (χ2v) is 4.65. The van der Waals surface area contributed by atoms with E-state index in [4.69, 9.17) is 9.47 Å². The lowest BCUT2D eigenvalue weighted by Crippen LogP contribution is -2.07. The van der Waals surface area contributed by atoms with E-state index in [1.54, 1.807) is 32.5 Å². The molecule has 0 unspecified atom stereocenters. The maximum atomic E-state index is 12.1. The van der Waals surface area contributed by atoms with E-state index in [1.165, 1.54) is 0 Å². The van der Waals surface area contributed by atoms with Gasteiger partial charge in [0, 0.05) is 23.2 Å². The van der Waals surface area contributed by atoms with Gasteiger partial charge in [-0.25, -0.2) is 0 Å². The van der Waals surface area contributed by atoms with Crippen LogP contribution in [0.1, 0.15) is 0 Å². The minimum Gasteiger partial charge on any atom is -0.497 e. The van der Waals surface area contributed by atoms with Crippen LogP contribution in [0.2, 0.25) is 0 Å². The molecule has 1 heterocycles. The molecule has 0 spiro atoms. The van der Waals surface area contributed by atoms with Gasteiger partial charge in [-0.3, -0.25) is 4.79 Å². The Hall–Kier alpha value is -2.75. The smallest absolute Gasteiger partial charge is 0.256 e. The maximum Gasteiger partial charge on any atom is 0.256 e. The Morgan fingerprint density at radius 3 is 2.43 bits per heavy atom. The molecule has 0 amide bonds. The fourth-order valence-electron chi connectivity index (χ4n) is 2.46. The van der Waals surface area contributed by atoms with Crippen molar-refractivity contribution < 1.29 is 9.47 Å². The Morgan fingerprint density at radius 1 is 1.00 bits per heavy atom. The van der Waals surface area contributed by atoms with Crippen LogP contribution in [-0.2, 0) is 0 Å². The van der Waals surface area contributed by atoms with Gasteiger partial charge in [0.15, 0.2) is 0 Å². The third kappa shape index (κ3) is 2.25. The molecule has 0 aliphatic rings. The summed E-state index contributed by atoms with van der Waals surface area (Å²) >= 11 is 0. The second kappa shape index (κ2) is 5.32. The molecule has 1 N–H and O–H groups in total.